The van der Waals surface area contributed by atoms with E-state index in [2.05, 4.69) is 17.2 Å². The van der Waals surface area contributed by atoms with Gasteiger partial charge in [-0.15, -0.1) is 5.92 Å². The molecule has 2 rings (SSSR count). The van der Waals surface area contributed by atoms with Crippen molar-refractivity contribution in [1.29, 1.82) is 0 Å². The smallest absolute Gasteiger partial charge is 0.240 e. The van der Waals surface area contributed by atoms with Crippen LogP contribution in [0.25, 0.3) is 0 Å². The molecular weight excluding hydrogens is 344 g/mol. The molecule has 0 aromatic heterocycles. The van der Waals surface area contributed by atoms with Gasteiger partial charge in [0.1, 0.15) is 0 Å². The van der Waals surface area contributed by atoms with Crippen molar-refractivity contribution in [3.8, 4) is 11.8 Å². The van der Waals surface area contributed by atoms with Crippen molar-refractivity contribution in [1.82, 2.24) is 10.2 Å². The van der Waals surface area contributed by atoms with Gasteiger partial charge in [-0.2, -0.15) is 0 Å². The van der Waals surface area contributed by atoms with E-state index in [0.29, 0.717) is 18.4 Å². The summed E-state index contributed by atoms with van der Waals surface area (Å²) < 4.78 is 11.3. The molecule has 1 fully saturated rings. The molecule has 6 heteroatoms. The Balaban J connectivity index is 2.15. The Morgan fingerprint density at radius 2 is 1.93 bits per heavy atom. The van der Waals surface area contributed by atoms with Gasteiger partial charge in [0.05, 0.1) is 24.3 Å². The molecule has 0 bridgehead atoms. The second kappa shape index (κ2) is 8.48. The third kappa shape index (κ3) is 5.68. The summed E-state index contributed by atoms with van der Waals surface area (Å²) >= 11 is 0. The number of amides is 1. The van der Waals surface area contributed by atoms with E-state index in [1.165, 1.54) is 0 Å². The number of aliphatic hydroxyl groups is 1. The van der Waals surface area contributed by atoms with E-state index >= 15 is 0 Å². The van der Waals surface area contributed by atoms with Gasteiger partial charge in [-0.1, -0.05) is 26.7 Å². The van der Waals surface area contributed by atoms with Crippen LogP contribution in [0.1, 0.15) is 54.4 Å². The number of hydrogen-bond donors (Lipinski definition) is 2. The fourth-order valence-corrected chi connectivity index (χ4v) is 3.66. The molecule has 27 heavy (non-hydrogen) atoms. The van der Waals surface area contributed by atoms with Crippen molar-refractivity contribution in [2.75, 3.05) is 20.3 Å². The molecule has 2 N–H and O–H groups in total. The molecule has 2 aliphatic rings. The van der Waals surface area contributed by atoms with Crippen LogP contribution in [0.2, 0.25) is 0 Å². The van der Waals surface area contributed by atoms with Crippen molar-refractivity contribution < 1.29 is 19.4 Å². The summed E-state index contributed by atoms with van der Waals surface area (Å²) in [6.07, 6.45) is 1.02. The predicted octanol–water partition coefficient (Wildman–Crippen LogP) is 1.97. The molecule has 154 valence electrons. The fourth-order valence-electron chi connectivity index (χ4n) is 3.66. The number of aliphatic hydroxyl groups excluding tert-OH is 1. The van der Waals surface area contributed by atoms with Gasteiger partial charge in [-0.25, -0.2) is 0 Å². The molecular formula is C21H36N2O4. The van der Waals surface area contributed by atoms with Gasteiger partial charge in [0.15, 0.2) is 0 Å². The minimum Gasteiger partial charge on any atom is -0.394 e. The number of methoxy groups -OCH3 is 1. The lowest BCUT2D eigenvalue weighted by atomic mass is 9.83. The molecule has 0 aromatic carbocycles. The number of carbonyl (C=O) groups excluding carboxylic acids is 1. The number of nitrogens with zero attached hydrogens (tertiary/aromatic N) is 1. The molecule has 0 saturated carbocycles. The lowest BCUT2D eigenvalue weighted by Crippen LogP contribution is -2.58. The first-order valence-corrected chi connectivity index (χ1v) is 9.82. The van der Waals surface area contributed by atoms with Crippen molar-refractivity contribution in [3.63, 3.8) is 0 Å². The molecule has 1 heterocycles. The minimum absolute atomic E-state index is 0.0177. The Labute approximate surface area is 164 Å². The average Bonchev–Trinajstić information content (AvgIpc) is 2.90. The lowest BCUT2D eigenvalue weighted by molar-refractivity contribution is -0.206. The topological polar surface area (TPSA) is 71.0 Å². The second-order valence-electron chi connectivity index (χ2n) is 9.72. The zero-order valence-corrected chi connectivity index (χ0v) is 17.8. The average molecular weight is 381 g/mol. The zero-order chi connectivity index (χ0) is 20.4. The van der Waals surface area contributed by atoms with Crippen molar-refractivity contribution in [2.45, 2.75) is 78.5 Å². The largest absolute Gasteiger partial charge is 0.394 e. The number of rotatable bonds is 7. The normalized spacial score (nSPS) is 27.6. The number of carbonyl (C=O) groups is 1. The third-order valence-corrected chi connectivity index (χ3v) is 5.21. The maximum Gasteiger partial charge on any atom is 0.240 e. The highest BCUT2D eigenvalue weighted by Gasteiger charge is 2.44. The van der Waals surface area contributed by atoms with Crippen LogP contribution in [-0.4, -0.2) is 60.3 Å². The van der Waals surface area contributed by atoms with Gasteiger partial charge in [0.2, 0.25) is 12.3 Å². The second-order valence-corrected chi connectivity index (χ2v) is 9.72. The molecule has 0 aromatic rings. The lowest BCUT2D eigenvalue weighted by Gasteiger charge is -2.38. The Morgan fingerprint density at radius 1 is 1.30 bits per heavy atom. The molecule has 2 unspecified atom stereocenters. The maximum absolute atomic E-state index is 13.5. The maximum atomic E-state index is 13.5. The van der Waals surface area contributed by atoms with E-state index in [9.17, 15) is 9.90 Å². The highest BCUT2D eigenvalue weighted by Crippen LogP contribution is 2.34. The Kier molecular flexibility index (Phi) is 6.96. The van der Waals surface area contributed by atoms with Gasteiger partial charge in [-0.3, -0.25) is 10.1 Å². The van der Waals surface area contributed by atoms with Crippen LogP contribution >= 0.6 is 0 Å². The monoisotopic (exact) mass is 380 g/mol. The Morgan fingerprint density at radius 3 is 2.33 bits per heavy atom. The van der Waals surface area contributed by atoms with Gasteiger partial charge in [0.25, 0.3) is 0 Å². The third-order valence-electron chi connectivity index (χ3n) is 5.21. The summed E-state index contributed by atoms with van der Waals surface area (Å²) in [5.74, 6) is 6.93. The van der Waals surface area contributed by atoms with Crippen molar-refractivity contribution in [2.24, 2.45) is 17.3 Å². The highest BCUT2D eigenvalue weighted by molar-refractivity contribution is 5.83. The summed E-state index contributed by atoms with van der Waals surface area (Å²) in [7, 11) is 1.56. The van der Waals surface area contributed by atoms with Crippen LogP contribution < -0.4 is 5.32 Å². The summed E-state index contributed by atoms with van der Waals surface area (Å²) in [5.41, 5.74) is -0.752. The SMILES string of the molecule is COC(N[C@H](C(=O)N1C[C@@H](C2C#CC2)C[C@H]1CO)C(C)(C)C)OC(C)(C)C. The van der Waals surface area contributed by atoms with Crippen LogP contribution in [0, 0.1) is 29.1 Å². The predicted molar refractivity (Wildman–Crippen MR) is 105 cm³/mol. The summed E-state index contributed by atoms with van der Waals surface area (Å²) in [5, 5.41) is 13.1. The van der Waals surface area contributed by atoms with E-state index in [0.717, 1.165) is 12.8 Å². The number of likely N-dealkylation sites (tertiary alicyclic amines) is 1. The van der Waals surface area contributed by atoms with Crippen LogP contribution in [0.5, 0.6) is 0 Å². The van der Waals surface area contributed by atoms with Crippen LogP contribution in [0.3, 0.4) is 0 Å². The van der Waals surface area contributed by atoms with Crippen molar-refractivity contribution >= 4 is 5.91 Å². The summed E-state index contributed by atoms with van der Waals surface area (Å²) in [4.78, 5) is 15.3. The van der Waals surface area contributed by atoms with Gasteiger partial charge in [-0.05, 0) is 38.5 Å². The van der Waals surface area contributed by atoms with E-state index in [4.69, 9.17) is 9.47 Å². The molecule has 0 radical (unpaired) electrons. The molecule has 1 amide bonds. The first-order valence-electron chi connectivity index (χ1n) is 9.82. The molecule has 5 atom stereocenters. The van der Waals surface area contributed by atoms with Crippen LogP contribution in [0.4, 0.5) is 0 Å². The van der Waals surface area contributed by atoms with Crippen molar-refractivity contribution in [3.05, 3.63) is 0 Å². The quantitative estimate of drug-likeness (QED) is 0.522. The van der Waals surface area contributed by atoms with Gasteiger partial charge >= 0.3 is 0 Å². The molecule has 1 aliphatic heterocycles. The molecule has 1 aliphatic carbocycles. The van der Waals surface area contributed by atoms with Gasteiger partial charge in [0, 0.05) is 26.0 Å². The Hall–Kier alpha value is -1.13. The molecule has 1 saturated heterocycles. The van der Waals surface area contributed by atoms with Crippen LogP contribution in [0.15, 0.2) is 0 Å². The van der Waals surface area contributed by atoms with E-state index < -0.39 is 18.1 Å². The molecule has 0 spiro atoms. The highest BCUT2D eigenvalue weighted by atomic mass is 16.7. The first-order chi connectivity index (χ1) is 12.5. The molecule has 6 nitrogen and oxygen atoms in total. The van der Waals surface area contributed by atoms with E-state index in [-0.39, 0.29) is 24.0 Å². The standard InChI is InChI=1S/C21H36N2O4/c1-20(2,3)17(22-19(26-7)27-21(4,5)6)18(25)23-12-15(11-16(23)13-24)14-9-8-10-14/h14-17,19,22,24H,9,11-13H2,1-7H3/t14?,15-,16-,17+,19?/m0/s1. The fraction of sp³-hybridized carbons (Fsp3) is 0.857. The van der Waals surface area contributed by atoms with E-state index in [1.807, 2.05) is 46.4 Å². The minimum atomic E-state index is -0.693. The number of ether oxygens (including phenoxy) is 2. The summed E-state index contributed by atoms with van der Waals surface area (Å²) in [6.45, 7) is 12.5. The Bertz CT molecular complexity index is 582. The summed E-state index contributed by atoms with van der Waals surface area (Å²) in [6, 6.07) is -0.647. The van der Waals surface area contributed by atoms with E-state index in [1.54, 1.807) is 7.11 Å². The number of hydrogen-bond acceptors (Lipinski definition) is 5. The first kappa shape index (κ1) is 22.2. The number of nitrogens with one attached hydrogen (secondary N) is 1. The van der Waals surface area contributed by atoms with Crippen LogP contribution in [-0.2, 0) is 14.3 Å². The zero-order valence-electron chi connectivity index (χ0n) is 17.8. The van der Waals surface area contributed by atoms with Gasteiger partial charge < -0.3 is 19.5 Å².